The fraction of sp³-hybridized carbons (Fsp3) is 0.364. The largest absolute Gasteiger partial charge is 0.496 e. The molecule has 5 nitrogen and oxygen atoms in total. The van der Waals surface area contributed by atoms with Crippen molar-refractivity contribution in [3.05, 3.63) is 65.2 Å². The van der Waals surface area contributed by atoms with Gasteiger partial charge in [-0.05, 0) is 38.0 Å². The molecule has 5 heteroatoms. The van der Waals surface area contributed by atoms with Crippen LogP contribution in [0.5, 0.6) is 5.75 Å². The van der Waals surface area contributed by atoms with Gasteiger partial charge in [-0.1, -0.05) is 48.9 Å². The maximum absolute atomic E-state index is 12.4. The lowest BCUT2D eigenvalue weighted by atomic mass is 9.96. The van der Waals surface area contributed by atoms with Gasteiger partial charge in [0, 0.05) is 12.5 Å². The number of carbonyl (C=O) groups excluding carboxylic acids is 2. The first-order valence-corrected chi connectivity index (χ1v) is 9.14. The highest BCUT2D eigenvalue weighted by Gasteiger charge is 2.22. The lowest BCUT2D eigenvalue weighted by Gasteiger charge is -2.19. The molecule has 0 saturated heterocycles. The number of benzene rings is 2. The molecule has 2 atom stereocenters. The molecule has 0 unspecified atom stereocenters. The molecule has 0 aliphatic rings. The lowest BCUT2D eigenvalue weighted by molar-refractivity contribution is -0.129. The Kier molecular flexibility index (Phi) is 7.41. The number of hydrogen-bond donors (Lipinski definition) is 1. The molecule has 2 aromatic carbocycles. The van der Waals surface area contributed by atoms with Crippen LogP contribution in [0.3, 0.4) is 0 Å². The highest BCUT2D eigenvalue weighted by atomic mass is 16.5. The van der Waals surface area contributed by atoms with Crippen molar-refractivity contribution < 1.29 is 19.1 Å². The fourth-order valence-corrected chi connectivity index (χ4v) is 2.85. The van der Waals surface area contributed by atoms with E-state index in [0.717, 1.165) is 12.0 Å². The van der Waals surface area contributed by atoms with E-state index in [1.165, 1.54) is 12.7 Å². The first kappa shape index (κ1) is 20.5. The van der Waals surface area contributed by atoms with Crippen LogP contribution in [-0.4, -0.2) is 31.6 Å². The second-order valence-corrected chi connectivity index (χ2v) is 6.51. The van der Waals surface area contributed by atoms with Crippen LogP contribution >= 0.6 is 0 Å². The highest BCUT2D eigenvalue weighted by molar-refractivity contribution is 5.94. The van der Waals surface area contributed by atoms with E-state index in [0.29, 0.717) is 17.9 Å². The summed E-state index contributed by atoms with van der Waals surface area (Å²) >= 11 is 0. The van der Waals surface area contributed by atoms with Crippen molar-refractivity contribution >= 4 is 11.9 Å². The number of carbonyl (C=O) groups is 2. The van der Waals surface area contributed by atoms with Gasteiger partial charge in [-0.15, -0.1) is 0 Å². The maximum Gasteiger partial charge on any atom is 0.342 e. The molecule has 27 heavy (non-hydrogen) atoms. The molecule has 2 aromatic rings. The molecule has 0 aliphatic carbocycles. The Morgan fingerprint density at radius 1 is 1.11 bits per heavy atom. The number of rotatable bonds is 8. The van der Waals surface area contributed by atoms with Crippen LogP contribution < -0.4 is 10.1 Å². The van der Waals surface area contributed by atoms with Crippen molar-refractivity contribution in [3.8, 4) is 5.75 Å². The summed E-state index contributed by atoms with van der Waals surface area (Å²) in [5, 5.41) is 2.88. The minimum atomic E-state index is -0.893. The topological polar surface area (TPSA) is 64.6 Å². The number of amides is 1. The van der Waals surface area contributed by atoms with Crippen LogP contribution in [0.25, 0.3) is 0 Å². The Morgan fingerprint density at radius 2 is 1.81 bits per heavy atom. The van der Waals surface area contributed by atoms with Crippen LogP contribution in [0.1, 0.15) is 47.7 Å². The van der Waals surface area contributed by atoms with Crippen molar-refractivity contribution in [3.63, 3.8) is 0 Å². The second-order valence-electron chi connectivity index (χ2n) is 6.51. The Morgan fingerprint density at radius 3 is 2.44 bits per heavy atom. The van der Waals surface area contributed by atoms with Crippen LogP contribution in [0.15, 0.2) is 48.5 Å². The van der Waals surface area contributed by atoms with Crippen molar-refractivity contribution in [1.29, 1.82) is 0 Å². The van der Waals surface area contributed by atoms with E-state index in [1.54, 1.807) is 19.1 Å². The normalized spacial score (nSPS) is 12.7. The van der Waals surface area contributed by atoms with Crippen LogP contribution in [0.2, 0.25) is 0 Å². The molecule has 0 heterocycles. The maximum atomic E-state index is 12.4. The molecule has 0 saturated carbocycles. The molecule has 0 bridgehead atoms. The van der Waals surface area contributed by atoms with Gasteiger partial charge < -0.3 is 14.8 Å². The van der Waals surface area contributed by atoms with E-state index < -0.39 is 12.1 Å². The third-order valence-corrected chi connectivity index (χ3v) is 4.51. The van der Waals surface area contributed by atoms with Gasteiger partial charge in [0.05, 0.1) is 7.11 Å². The second kappa shape index (κ2) is 9.76. The Hall–Kier alpha value is -2.82. The zero-order valence-corrected chi connectivity index (χ0v) is 16.3. The van der Waals surface area contributed by atoms with Gasteiger partial charge >= 0.3 is 5.97 Å². The standard InChI is InChI=1S/C22H27NO4/c1-5-17(18-9-7-6-8-10-18)14-23-21(24)16(3)27-22(25)19-13-15(2)11-12-20(19)26-4/h6-13,16-17H,5,14H2,1-4H3,(H,23,24)/t16-,17-/m1/s1. The monoisotopic (exact) mass is 369 g/mol. The number of ether oxygens (including phenoxy) is 2. The molecular weight excluding hydrogens is 342 g/mol. The van der Waals surface area contributed by atoms with E-state index in [2.05, 4.69) is 12.2 Å². The number of methoxy groups -OCH3 is 1. The fourth-order valence-electron chi connectivity index (χ4n) is 2.85. The van der Waals surface area contributed by atoms with Gasteiger partial charge in [0.1, 0.15) is 11.3 Å². The lowest BCUT2D eigenvalue weighted by Crippen LogP contribution is -2.38. The van der Waals surface area contributed by atoms with Gasteiger partial charge in [-0.3, -0.25) is 4.79 Å². The van der Waals surface area contributed by atoms with Crippen LogP contribution in [0, 0.1) is 6.92 Å². The molecule has 0 aliphatic heterocycles. The summed E-state index contributed by atoms with van der Waals surface area (Å²) in [6.07, 6.45) is 0.00914. The van der Waals surface area contributed by atoms with Gasteiger partial charge in [-0.2, -0.15) is 0 Å². The van der Waals surface area contributed by atoms with E-state index in [9.17, 15) is 9.59 Å². The third kappa shape index (κ3) is 5.58. The van der Waals surface area contributed by atoms with Crippen molar-refractivity contribution in [1.82, 2.24) is 5.32 Å². The molecule has 1 amide bonds. The van der Waals surface area contributed by atoms with Gasteiger partial charge in [0.25, 0.3) is 5.91 Å². The van der Waals surface area contributed by atoms with Crippen LogP contribution in [-0.2, 0) is 9.53 Å². The third-order valence-electron chi connectivity index (χ3n) is 4.51. The molecule has 1 N–H and O–H groups in total. The molecule has 2 rings (SSSR count). The summed E-state index contributed by atoms with van der Waals surface area (Å²) in [5.74, 6) is -0.249. The summed E-state index contributed by atoms with van der Waals surface area (Å²) in [6.45, 7) is 6.02. The summed E-state index contributed by atoms with van der Waals surface area (Å²) in [7, 11) is 1.49. The van der Waals surface area contributed by atoms with Gasteiger partial charge in [-0.25, -0.2) is 4.79 Å². The molecule has 144 valence electrons. The highest BCUT2D eigenvalue weighted by Crippen LogP contribution is 2.21. The van der Waals surface area contributed by atoms with Crippen molar-refractivity contribution in [2.24, 2.45) is 0 Å². The smallest absolute Gasteiger partial charge is 0.342 e. The van der Waals surface area contributed by atoms with E-state index in [1.807, 2.05) is 43.3 Å². The number of hydrogen-bond acceptors (Lipinski definition) is 4. The van der Waals surface area contributed by atoms with Gasteiger partial charge in [0.15, 0.2) is 6.10 Å². The van der Waals surface area contributed by atoms with E-state index >= 15 is 0 Å². The first-order valence-electron chi connectivity index (χ1n) is 9.14. The van der Waals surface area contributed by atoms with Gasteiger partial charge in [0.2, 0.25) is 0 Å². The first-order chi connectivity index (χ1) is 13.0. The molecule has 0 fully saturated rings. The molecule has 0 spiro atoms. The zero-order chi connectivity index (χ0) is 19.8. The average molecular weight is 369 g/mol. The van der Waals surface area contributed by atoms with Crippen molar-refractivity contribution in [2.45, 2.75) is 39.2 Å². The Bertz CT molecular complexity index is 773. The number of aryl methyl sites for hydroxylation is 1. The summed E-state index contributed by atoms with van der Waals surface area (Å²) in [5.41, 5.74) is 2.40. The van der Waals surface area contributed by atoms with E-state index in [-0.39, 0.29) is 11.8 Å². The molecule has 0 radical (unpaired) electrons. The summed E-state index contributed by atoms with van der Waals surface area (Å²) in [4.78, 5) is 24.8. The Labute approximate surface area is 160 Å². The molecular formula is C22H27NO4. The number of nitrogens with one attached hydrogen (secondary N) is 1. The SMILES string of the molecule is CC[C@H](CNC(=O)[C@@H](C)OC(=O)c1cc(C)ccc1OC)c1ccccc1. The van der Waals surface area contributed by atoms with E-state index in [4.69, 9.17) is 9.47 Å². The average Bonchev–Trinajstić information content (AvgIpc) is 2.68. The van der Waals surface area contributed by atoms with Crippen molar-refractivity contribution in [2.75, 3.05) is 13.7 Å². The molecule has 0 aromatic heterocycles. The minimum Gasteiger partial charge on any atom is -0.496 e. The summed E-state index contributed by atoms with van der Waals surface area (Å²) < 4.78 is 10.5. The number of esters is 1. The predicted octanol–water partition coefficient (Wildman–Crippen LogP) is 3.86. The van der Waals surface area contributed by atoms with Crippen LogP contribution in [0.4, 0.5) is 0 Å². The zero-order valence-electron chi connectivity index (χ0n) is 16.3. The minimum absolute atomic E-state index is 0.218. The predicted molar refractivity (Wildman–Crippen MR) is 105 cm³/mol. The summed E-state index contributed by atoms with van der Waals surface area (Å²) in [6, 6.07) is 15.3. The quantitative estimate of drug-likeness (QED) is 0.718. The Balaban J connectivity index is 1.95.